The third-order valence-corrected chi connectivity index (χ3v) is 7.11. The lowest BCUT2D eigenvalue weighted by atomic mass is 9.88. The zero-order valence-electron chi connectivity index (χ0n) is 17.6. The summed E-state index contributed by atoms with van der Waals surface area (Å²) in [4.78, 5) is 31.6. The van der Waals surface area contributed by atoms with E-state index in [9.17, 15) is 9.59 Å². The molecule has 2 amide bonds. The summed E-state index contributed by atoms with van der Waals surface area (Å²) >= 11 is 0. The highest BCUT2D eigenvalue weighted by atomic mass is 16.5. The van der Waals surface area contributed by atoms with Crippen LogP contribution in [0.1, 0.15) is 95.7 Å². The molecule has 1 aromatic heterocycles. The minimum absolute atomic E-state index is 0.0315. The lowest BCUT2D eigenvalue weighted by molar-refractivity contribution is -0.138. The number of carbonyl (C=O) groups is 2. The predicted molar refractivity (Wildman–Crippen MR) is 108 cm³/mol. The molecule has 1 unspecified atom stereocenters. The van der Waals surface area contributed by atoms with E-state index in [1.807, 2.05) is 0 Å². The topological polar surface area (TPSA) is 88.3 Å². The van der Waals surface area contributed by atoms with Crippen LogP contribution in [-0.2, 0) is 21.5 Å². The summed E-state index contributed by atoms with van der Waals surface area (Å²) in [6, 6.07) is -0.377. The second kappa shape index (κ2) is 8.84. The van der Waals surface area contributed by atoms with Crippen LogP contribution in [0.15, 0.2) is 4.52 Å². The molecule has 0 aromatic carbocycles. The third-order valence-electron chi connectivity index (χ3n) is 7.11. The van der Waals surface area contributed by atoms with E-state index in [-0.39, 0.29) is 17.9 Å². The molecule has 1 N–H and O–H groups in total. The van der Waals surface area contributed by atoms with Crippen molar-refractivity contribution in [3.8, 4) is 0 Å². The van der Waals surface area contributed by atoms with Gasteiger partial charge in [0.2, 0.25) is 17.7 Å². The van der Waals surface area contributed by atoms with Gasteiger partial charge in [-0.3, -0.25) is 9.59 Å². The maximum atomic E-state index is 13.2. The number of likely N-dealkylation sites (tertiary alicyclic amines) is 1. The summed E-state index contributed by atoms with van der Waals surface area (Å²) in [7, 11) is 0. The van der Waals surface area contributed by atoms with Gasteiger partial charge in [-0.05, 0) is 44.4 Å². The van der Waals surface area contributed by atoms with Crippen LogP contribution in [-0.4, -0.2) is 39.4 Å². The Morgan fingerprint density at radius 2 is 1.79 bits per heavy atom. The maximum Gasteiger partial charge on any atom is 0.243 e. The molecule has 3 fully saturated rings. The standard InChI is InChI=1S/C22H34N4O3/c1-16(27)26-14-8-11-18(26)20(28)24-22(12-6-2-3-7-13-22)21-23-19(29-25-21)15-17-9-4-5-10-17/h17-18H,2-15H2,1H3,(H,24,28). The Hall–Kier alpha value is -1.92. The minimum Gasteiger partial charge on any atom is -0.341 e. The van der Waals surface area contributed by atoms with Gasteiger partial charge in [0, 0.05) is 19.9 Å². The van der Waals surface area contributed by atoms with Crippen LogP contribution >= 0.6 is 0 Å². The van der Waals surface area contributed by atoms with E-state index in [2.05, 4.69) is 10.5 Å². The number of nitrogens with zero attached hydrogens (tertiary/aromatic N) is 3. The zero-order valence-corrected chi connectivity index (χ0v) is 17.6. The van der Waals surface area contributed by atoms with Crippen molar-refractivity contribution in [2.24, 2.45) is 5.92 Å². The first-order valence-electron chi connectivity index (χ1n) is 11.5. The molecule has 1 aromatic rings. The molecule has 2 saturated carbocycles. The maximum absolute atomic E-state index is 13.2. The molecule has 4 rings (SSSR count). The monoisotopic (exact) mass is 402 g/mol. The van der Waals surface area contributed by atoms with E-state index in [0.29, 0.717) is 24.2 Å². The Morgan fingerprint density at radius 1 is 1.07 bits per heavy atom. The van der Waals surface area contributed by atoms with Gasteiger partial charge in [0.25, 0.3) is 0 Å². The van der Waals surface area contributed by atoms with Crippen molar-refractivity contribution in [3.63, 3.8) is 0 Å². The van der Waals surface area contributed by atoms with Crippen molar-refractivity contribution in [2.45, 2.75) is 102 Å². The van der Waals surface area contributed by atoms with Crippen LogP contribution in [0.5, 0.6) is 0 Å². The highest BCUT2D eigenvalue weighted by Crippen LogP contribution is 2.36. The highest BCUT2D eigenvalue weighted by molar-refractivity contribution is 5.88. The first-order chi connectivity index (χ1) is 14.1. The lowest BCUT2D eigenvalue weighted by Crippen LogP contribution is -2.53. The van der Waals surface area contributed by atoms with E-state index in [1.165, 1.54) is 25.7 Å². The molecular weight excluding hydrogens is 368 g/mol. The van der Waals surface area contributed by atoms with Gasteiger partial charge >= 0.3 is 0 Å². The molecule has 3 aliphatic rings. The fraction of sp³-hybridized carbons (Fsp3) is 0.818. The number of aromatic nitrogens is 2. The van der Waals surface area contributed by atoms with Gasteiger partial charge in [0.15, 0.2) is 5.82 Å². The normalized spacial score (nSPS) is 25.1. The van der Waals surface area contributed by atoms with Gasteiger partial charge < -0.3 is 14.7 Å². The van der Waals surface area contributed by atoms with Gasteiger partial charge in [-0.15, -0.1) is 0 Å². The van der Waals surface area contributed by atoms with E-state index in [0.717, 1.165) is 57.8 Å². The summed E-state index contributed by atoms with van der Waals surface area (Å²) in [5.41, 5.74) is -0.573. The molecule has 29 heavy (non-hydrogen) atoms. The number of hydrogen-bond acceptors (Lipinski definition) is 5. The van der Waals surface area contributed by atoms with Crippen LogP contribution in [0, 0.1) is 5.92 Å². The fourth-order valence-electron chi connectivity index (χ4n) is 5.47. The SMILES string of the molecule is CC(=O)N1CCCC1C(=O)NC1(c2noc(CC3CCCC3)n2)CCCCCC1. The smallest absolute Gasteiger partial charge is 0.243 e. The molecule has 1 atom stereocenters. The van der Waals surface area contributed by atoms with Crippen molar-refractivity contribution in [1.29, 1.82) is 0 Å². The molecule has 0 radical (unpaired) electrons. The number of amides is 2. The highest BCUT2D eigenvalue weighted by Gasteiger charge is 2.42. The quantitative estimate of drug-likeness (QED) is 0.762. The summed E-state index contributed by atoms with van der Waals surface area (Å²) < 4.78 is 5.64. The van der Waals surface area contributed by atoms with E-state index >= 15 is 0 Å². The Morgan fingerprint density at radius 3 is 2.48 bits per heavy atom. The third kappa shape index (κ3) is 4.48. The average molecular weight is 403 g/mol. The Bertz CT molecular complexity index is 717. The van der Waals surface area contributed by atoms with Crippen LogP contribution in [0.25, 0.3) is 0 Å². The summed E-state index contributed by atoms with van der Waals surface area (Å²) in [6.45, 7) is 2.20. The van der Waals surface area contributed by atoms with Crippen LogP contribution < -0.4 is 5.32 Å². The van der Waals surface area contributed by atoms with Gasteiger partial charge in [0.05, 0.1) is 0 Å². The van der Waals surface area contributed by atoms with Gasteiger partial charge in [0.1, 0.15) is 11.6 Å². The number of nitrogens with one attached hydrogen (secondary N) is 1. The van der Waals surface area contributed by atoms with E-state index in [1.54, 1.807) is 11.8 Å². The van der Waals surface area contributed by atoms with Crippen molar-refractivity contribution in [3.05, 3.63) is 11.7 Å². The molecule has 160 valence electrons. The van der Waals surface area contributed by atoms with E-state index < -0.39 is 5.54 Å². The first kappa shape index (κ1) is 20.4. The Kier molecular flexibility index (Phi) is 6.20. The molecule has 2 aliphatic carbocycles. The molecule has 1 aliphatic heterocycles. The summed E-state index contributed by atoms with van der Waals surface area (Å²) in [5, 5.41) is 7.65. The molecule has 7 heteroatoms. The first-order valence-corrected chi connectivity index (χ1v) is 11.5. The molecule has 2 heterocycles. The number of carbonyl (C=O) groups excluding carboxylic acids is 2. The molecular formula is C22H34N4O3. The van der Waals surface area contributed by atoms with Gasteiger partial charge in [-0.1, -0.05) is 43.7 Å². The molecule has 0 spiro atoms. The Labute approximate surface area is 173 Å². The Balaban J connectivity index is 1.53. The summed E-state index contributed by atoms with van der Waals surface area (Å²) in [6.07, 6.45) is 13.5. The predicted octanol–water partition coefficient (Wildman–Crippen LogP) is 3.48. The lowest BCUT2D eigenvalue weighted by Gasteiger charge is -2.33. The largest absolute Gasteiger partial charge is 0.341 e. The van der Waals surface area contributed by atoms with Gasteiger partial charge in [-0.25, -0.2) is 0 Å². The number of rotatable bonds is 5. The molecule has 7 nitrogen and oxygen atoms in total. The molecule has 0 bridgehead atoms. The average Bonchev–Trinajstić information content (AvgIpc) is 3.44. The number of hydrogen-bond donors (Lipinski definition) is 1. The van der Waals surface area contributed by atoms with Crippen molar-refractivity contribution in [1.82, 2.24) is 20.4 Å². The van der Waals surface area contributed by atoms with Crippen LogP contribution in [0.2, 0.25) is 0 Å². The second-order valence-corrected chi connectivity index (χ2v) is 9.22. The van der Waals surface area contributed by atoms with E-state index in [4.69, 9.17) is 9.51 Å². The fourth-order valence-corrected chi connectivity index (χ4v) is 5.47. The second-order valence-electron chi connectivity index (χ2n) is 9.22. The van der Waals surface area contributed by atoms with Crippen LogP contribution in [0.4, 0.5) is 0 Å². The van der Waals surface area contributed by atoms with Gasteiger partial charge in [-0.2, -0.15) is 4.98 Å². The van der Waals surface area contributed by atoms with Crippen LogP contribution in [0.3, 0.4) is 0 Å². The van der Waals surface area contributed by atoms with Crippen molar-refractivity contribution in [2.75, 3.05) is 6.54 Å². The van der Waals surface area contributed by atoms with Crippen molar-refractivity contribution >= 4 is 11.8 Å². The van der Waals surface area contributed by atoms with Crippen molar-refractivity contribution < 1.29 is 14.1 Å². The zero-order chi connectivity index (χ0) is 20.3. The summed E-state index contributed by atoms with van der Waals surface area (Å²) in [5.74, 6) is 1.88. The molecule has 1 saturated heterocycles. The minimum atomic E-state index is -0.573.